The zero-order valence-corrected chi connectivity index (χ0v) is 18.1. The standard InChI is InChI=1S/C23H33N5O/c1-16(2)27-23(29)28-21-8-6-19(7-9-21)15-26-22(24-5)25-11-10-20-13-17(3)12-18(4)14-20/h6-9,12-14,16H,10-11,15H2,1-5H3,(H2,24,25,26)(H2,27,28,29). The van der Waals surface area contributed by atoms with Crippen LogP contribution in [0.1, 0.15) is 36.1 Å². The number of benzene rings is 2. The number of anilines is 1. The van der Waals surface area contributed by atoms with E-state index in [2.05, 4.69) is 58.3 Å². The van der Waals surface area contributed by atoms with E-state index < -0.39 is 0 Å². The van der Waals surface area contributed by atoms with Gasteiger partial charge in [0.2, 0.25) is 0 Å². The summed E-state index contributed by atoms with van der Waals surface area (Å²) in [6, 6.07) is 14.3. The fourth-order valence-corrected chi connectivity index (χ4v) is 3.08. The van der Waals surface area contributed by atoms with E-state index in [9.17, 15) is 4.79 Å². The first-order valence-electron chi connectivity index (χ1n) is 10.0. The fraction of sp³-hybridized carbons (Fsp3) is 0.391. The van der Waals surface area contributed by atoms with E-state index in [4.69, 9.17) is 0 Å². The normalized spacial score (nSPS) is 11.3. The fourth-order valence-electron chi connectivity index (χ4n) is 3.08. The third-order valence-corrected chi connectivity index (χ3v) is 4.30. The number of hydrogen-bond acceptors (Lipinski definition) is 2. The highest BCUT2D eigenvalue weighted by atomic mass is 16.2. The van der Waals surface area contributed by atoms with Crippen molar-refractivity contribution >= 4 is 17.7 Å². The highest BCUT2D eigenvalue weighted by Crippen LogP contribution is 2.10. The Morgan fingerprint density at radius 1 is 0.966 bits per heavy atom. The van der Waals surface area contributed by atoms with Crippen molar-refractivity contribution in [3.8, 4) is 0 Å². The average molecular weight is 396 g/mol. The lowest BCUT2D eigenvalue weighted by atomic mass is 10.1. The zero-order chi connectivity index (χ0) is 21.2. The Labute approximate surface area is 174 Å². The van der Waals surface area contributed by atoms with Crippen LogP contribution in [-0.4, -0.2) is 31.6 Å². The van der Waals surface area contributed by atoms with Gasteiger partial charge >= 0.3 is 6.03 Å². The summed E-state index contributed by atoms with van der Waals surface area (Å²) in [4.78, 5) is 16.0. The van der Waals surface area contributed by atoms with Crippen molar-refractivity contribution in [2.45, 2.75) is 46.7 Å². The van der Waals surface area contributed by atoms with Crippen LogP contribution >= 0.6 is 0 Å². The summed E-state index contributed by atoms with van der Waals surface area (Å²) in [5.41, 5.74) is 5.79. The maximum atomic E-state index is 11.7. The number of hydrogen-bond donors (Lipinski definition) is 4. The Hall–Kier alpha value is -3.02. The van der Waals surface area contributed by atoms with Crippen LogP contribution in [0.5, 0.6) is 0 Å². The van der Waals surface area contributed by atoms with Crippen LogP contribution in [-0.2, 0) is 13.0 Å². The predicted molar refractivity (Wildman–Crippen MR) is 122 cm³/mol. The van der Waals surface area contributed by atoms with Gasteiger partial charge in [-0.1, -0.05) is 41.5 Å². The van der Waals surface area contributed by atoms with E-state index in [1.54, 1.807) is 7.05 Å². The van der Waals surface area contributed by atoms with Crippen molar-refractivity contribution < 1.29 is 4.79 Å². The minimum absolute atomic E-state index is 0.104. The number of aliphatic imine (C=N–C) groups is 1. The molecule has 2 aromatic rings. The summed E-state index contributed by atoms with van der Waals surface area (Å²) in [6.07, 6.45) is 0.946. The number of rotatable bonds is 7. The molecular weight excluding hydrogens is 362 g/mol. The van der Waals surface area contributed by atoms with Crippen molar-refractivity contribution in [3.63, 3.8) is 0 Å². The van der Waals surface area contributed by atoms with Gasteiger partial charge in [-0.2, -0.15) is 0 Å². The topological polar surface area (TPSA) is 77.6 Å². The van der Waals surface area contributed by atoms with Gasteiger partial charge in [0, 0.05) is 31.9 Å². The second-order valence-corrected chi connectivity index (χ2v) is 7.55. The van der Waals surface area contributed by atoms with Gasteiger partial charge in [-0.3, -0.25) is 4.99 Å². The molecule has 2 amide bonds. The number of carbonyl (C=O) groups is 1. The zero-order valence-electron chi connectivity index (χ0n) is 18.1. The van der Waals surface area contributed by atoms with E-state index in [1.165, 1.54) is 16.7 Å². The first-order valence-corrected chi connectivity index (χ1v) is 10.0. The molecule has 0 saturated heterocycles. The van der Waals surface area contributed by atoms with Gasteiger partial charge in [0.05, 0.1) is 0 Å². The minimum atomic E-state index is -0.195. The van der Waals surface area contributed by atoms with Crippen molar-refractivity contribution in [1.29, 1.82) is 0 Å². The molecule has 0 aliphatic carbocycles. The molecule has 0 saturated carbocycles. The molecule has 0 spiro atoms. The predicted octanol–water partition coefficient (Wildman–Crippen LogP) is 3.74. The quantitative estimate of drug-likeness (QED) is 0.426. The van der Waals surface area contributed by atoms with Crippen LogP contribution in [0.25, 0.3) is 0 Å². The number of guanidine groups is 1. The van der Waals surface area contributed by atoms with Gasteiger partial charge < -0.3 is 21.3 Å². The minimum Gasteiger partial charge on any atom is -0.356 e. The highest BCUT2D eigenvalue weighted by molar-refractivity contribution is 5.89. The summed E-state index contributed by atoms with van der Waals surface area (Å²) in [5, 5.41) is 12.3. The molecule has 0 atom stereocenters. The van der Waals surface area contributed by atoms with Gasteiger partial charge in [0.1, 0.15) is 0 Å². The van der Waals surface area contributed by atoms with Gasteiger partial charge in [0.25, 0.3) is 0 Å². The average Bonchev–Trinajstić information content (AvgIpc) is 2.64. The molecule has 2 aromatic carbocycles. The Balaban J connectivity index is 1.77. The van der Waals surface area contributed by atoms with Crippen molar-refractivity contribution in [2.24, 2.45) is 4.99 Å². The number of carbonyl (C=O) groups excluding carboxylic acids is 1. The number of nitrogens with zero attached hydrogens (tertiary/aromatic N) is 1. The molecule has 0 aliphatic rings. The molecule has 0 heterocycles. The third-order valence-electron chi connectivity index (χ3n) is 4.30. The number of urea groups is 1. The van der Waals surface area contributed by atoms with E-state index in [1.807, 2.05) is 38.1 Å². The van der Waals surface area contributed by atoms with Gasteiger partial charge in [0.15, 0.2) is 5.96 Å². The van der Waals surface area contributed by atoms with Crippen LogP contribution in [0.4, 0.5) is 10.5 Å². The lowest BCUT2D eigenvalue weighted by Crippen LogP contribution is -2.37. The first kappa shape index (κ1) is 22.3. The van der Waals surface area contributed by atoms with Crippen molar-refractivity contribution in [2.75, 3.05) is 18.9 Å². The maximum absolute atomic E-state index is 11.7. The van der Waals surface area contributed by atoms with E-state index in [0.29, 0.717) is 6.54 Å². The molecule has 4 N–H and O–H groups in total. The first-order chi connectivity index (χ1) is 13.9. The second kappa shape index (κ2) is 11.1. The molecule has 6 heteroatoms. The van der Waals surface area contributed by atoms with Crippen molar-refractivity contribution in [1.82, 2.24) is 16.0 Å². The van der Waals surface area contributed by atoms with E-state index in [-0.39, 0.29) is 12.1 Å². The molecule has 6 nitrogen and oxygen atoms in total. The lowest BCUT2D eigenvalue weighted by Gasteiger charge is -2.13. The summed E-state index contributed by atoms with van der Waals surface area (Å²) in [7, 11) is 1.77. The molecular formula is C23H33N5O. The number of aryl methyl sites for hydroxylation is 2. The van der Waals surface area contributed by atoms with Crippen molar-refractivity contribution in [3.05, 3.63) is 64.7 Å². The summed E-state index contributed by atoms with van der Waals surface area (Å²) in [5.74, 6) is 0.771. The SMILES string of the molecule is CN=C(NCCc1cc(C)cc(C)c1)NCc1ccc(NC(=O)NC(C)C)cc1. The molecule has 0 bridgehead atoms. The number of nitrogens with one attached hydrogen (secondary N) is 4. The van der Waals surface area contributed by atoms with Crippen LogP contribution in [0.3, 0.4) is 0 Å². The van der Waals surface area contributed by atoms with Crippen LogP contribution < -0.4 is 21.3 Å². The Kier molecular flexibility index (Phi) is 8.52. The number of amides is 2. The van der Waals surface area contributed by atoms with Crippen LogP contribution in [0.15, 0.2) is 47.5 Å². The Morgan fingerprint density at radius 2 is 1.62 bits per heavy atom. The van der Waals surface area contributed by atoms with E-state index in [0.717, 1.165) is 30.2 Å². The molecule has 0 fully saturated rings. The van der Waals surface area contributed by atoms with Crippen LogP contribution in [0.2, 0.25) is 0 Å². The van der Waals surface area contributed by atoms with Gasteiger partial charge in [-0.15, -0.1) is 0 Å². The molecule has 2 rings (SSSR count). The van der Waals surface area contributed by atoms with Crippen LogP contribution in [0, 0.1) is 13.8 Å². The van der Waals surface area contributed by atoms with Gasteiger partial charge in [-0.05, 0) is 57.4 Å². The maximum Gasteiger partial charge on any atom is 0.319 e. The van der Waals surface area contributed by atoms with E-state index >= 15 is 0 Å². The summed E-state index contributed by atoms with van der Waals surface area (Å²) in [6.45, 7) is 9.58. The largest absolute Gasteiger partial charge is 0.356 e. The molecule has 0 aromatic heterocycles. The highest BCUT2D eigenvalue weighted by Gasteiger charge is 2.04. The third kappa shape index (κ3) is 8.25. The molecule has 0 aliphatic heterocycles. The summed E-state index contributed by atoms with van der Waals surface area (Å²) < 4.78 is 0. The summed E-state index contributed by atoms with van der Waals surface area (Å²) >= 11 is 0. The molecule has 29 heavy (non-hydrogen) atoms. The van der Waals surface area contributed by atoms with Gasteiger partial charge in [-0.25, -0.2) is 4.79 Å². The molecule has 156 valence electrons. The lowest BCUT2D eigenvalue weighted by molar-refractivity contribution is 0.250. The Bertz CT molecular complexity index is 807. The second-order valence-electron chi connectivity index (χ2n) is 7.55. The molecule has 0 unspecified atom stereocenters. The Morgan fingerprint density at radius 3 is 2.21 bits per heavy atom. The smallest absolute Gasteiger partial charge is 0.319 e. The monoisotopic (exact) mass is 395 g/mol. The molecule has 0 radical (unpaired) electrons.